The van der Waals surface area contributed by atoms with Gasteiger partial charge >= 0.3 is 6.09 Å². The minimum Gasteiger partial charge on any atom is -0.465 e. The fourth-order valence-electron chi connectivity index (χ4n) is 3.57. The number of hydrogen-bond acceptors (Lipinski definition) is 3. The van der Waals surface area contributed by atoms with Gasteiger partial charge in [-0.05, 0) is 50.5 Å². The Morgan fingerprint density at radius 2 is 2.20 bits per heavy atom. The minimum absolute atomic E-state index is 0.00924. The van der Waals surface area contributed by atoms with Crippen LogP contribution in [-0.4, -0.2) is 32.2 Å². The maximum Gasteiger partial charge on any atom is 0.412 e. The van der Waals surface area contributed by atoms with E-state index in [1.165, 1.54) is 4.90 Å². The highest BCUT2D eigenvalue weighted by Crippen LogP contribution is 2.35. The van der Waals surface area contributed by atoms with Crippen molar-refractivity contribution in [2.24, 2.45) is 0 Å². The van der Waals surface area contributed by atoms with Gasteiger partial charge < -0.3 is 10.1 Å². The van der Waals surface area contributed by atoms with Crippen molar-refractivity contribution in [1.29, 1.82) is 0 Å². The largest absolute Gasteiger partial charge is 0.465 e. The number of fused-ring (bicyclic) bond motifs is 3. The van der Waals surface area contributed by atoms with Gasteiger partial charge in [0.1, 0.15) is 5.82 Å². The normalized spacial score (nSPS) is 16.8. The summed E-state index contributed by atoms with van der Waals surface area (Å²) in [5.74, 6) is 0.912. The zero-order valence-corrected chi connectivity index (χ0v) is 14.1. The fraction of sp³-hybridized carbons (Fsp3) is 0.316. The number of nitrogens with zero attached hydrogens (tertiary/aromatic N) is 3. The summed E-state index contributed by atoms with van der Waals surface area (Å²) in [6.07, 6.45) is 4.15. The standard InChI is InChI=1S/C19H20N4O2/c1-12-5-7-14-16(23(12)19(24)25)9-8-15-18(14)22-17(21-15)10-6-13-4-2-3-11-20-13/h2-4,8-9,11-12H,5-7,10H2,1H3,(H,21,22)(H,24,25)/t12-/m0/s1. The summed E-state index contributed by atoms with van der Waals surface area (Å²) in [4.78, 5) is 25.5. The number of carbonyl (C=O) groups is 1. The van der Waals surface area contributed by atoms with Crippen molar-refractivity contribution < 1.29 is 9.90 Å². The highest BCUT2D eigenvalue weighted by molar-refractivity contribution is 5.94. The van der Waals surface area contributed by atoms with Crippen LogP contribution in [0.3, 0.4) is 0 Å². The molecule has 4 rings (SSSR count). The van der Waals surface area contributed by atoms with E-state index in [9.17, 15) is 9.90 Å². The maximum atomic E-state index is 11.6. The molecule has 1 aromatic carbocycles. The van der Waals surface area contributed by atoms with Gasteiger partial charge in [0, 0.05) is 29.9 Å². The lowest BCUT2D eigenvalue weighted by atomic mass is 9.96. The molecule has 0 unspecified atom stereocenters. The molecule has 1 aliphatic rings. The molecule has 0 fully saturated rings. The number of aromatic amines is 1. The van der Waals surface area contributed by atoms with E-state index in [0.717, 1.165) is 59.5 Å². The van der Waals surface area contributed by atoms with Crippen LogP contribution in [0.2, 0.25) is 0 Å². The summed E-state index contributed by atoms with van der Waals surface area (Å²) in [5, 5.41) is 9.53. The second kappa shape index (κ2) is 6.20. The highest BCUT2D eigenvalue weighted by Gasteiger charge is 2.29. The Kier molecular flexibility index (Phi) is 3.87. The third-order valence-electron chi connectivity index (χ3n) is 4.85. The number of benzene rings is 1. The lowest BCUT2D eigenvalue weighted by molar-refractivity contribution is 0.198. The van der Waals surface area contributed by atoms with Gasteiger partial charge in [0.05, 0.1) is 16.7 Å². The molecule has 0 spiro atoms. The van der Waals surface area contributed by atoms with Gasteiger partial charge in [0.2, 0.25) is 0 Å². The van der Waals surface area contributed by atoms with Crippen LogP contribution in [0.4, 0.5) is 10.5 Å². The maximum absolute atomic E-state index is 11.6. The SMILES string of the molecule is C[C@H]1CCc2c(ccc3[nH]c(CCc4ccccn4)nc23)N1C(=O)O. The van der Waals surface area contributed by atoms with Crippen LogP contribution in [-0.2, 0) is 19.3 Å². The van der Waals surface area contributed by atoms with Gasteiger partial charge in [-0.3, -0.25) is 9.88 Å². The van der Waals surface area contributed by atoms with Crippen LogP contribution in [0.1, 0.15) is 30.4 Å². The summed E-state index contributed by atoms with van der Waals surface area (Å²) in [6, 6.07) is 9.72. The molecular weight excluding hydrogens is 316 g/mol. The quantitative estimate of drug-likeness (QED) is 0.766. The van der Waals surface area contributed by atoms with Crippen molar-refractivity contribution in [3.05, 3.63) is 53.6 Å². The first-order valence-corrected chi connectivity index (χ1v) is 8.56. The van der Waals surface area contributed by atoms with Gasteiger partial charge in [-0.25, -0.2) is 9.78 Å². The molecule has 25 heavy (non-hydrogen) atoms. The van der Waals surface area contributed by atoms with Crippen molar-refractivity contribution in [1.82, 2.24) is 15.0 Å². The number of carboxylic acid groups (broad SMARTS) is 1. The molecule has 1 aliphatic heterocycles. The predicted octanol–water partition coefficient (Wildman–Crippen LogP) is 3.56. The van der Waals surface area contributed by atoms with E-state index in [1.807, 2.05) is 37.3 Å². The van der Waals surface area contributed by atoms with E-state index in [4.69, 9.17) is 4.98 Å². The molecule has 0 saturated carbocycles. The molecule has 0 aliphatic carbocycles. The molecule has 3 aromatic rings. The lowest BCUT2D eigenvalue weighted by Crippen LogP contribution is -2.41. The second-order valence-corrected chi connectivity index (χ2v) is 6.50. The zero-order chi connectivity index (χ0) is 17.4. The number of anilines is 1. The van der Waals surface area contributed by atoms with Gasteiger partial charge in [-0.1, -0.05) is 6.07 Å². The number of aryl methyl sites for hydroxylation is 3. The predicted molar refractivity (Wildman–Crippen MR) is 96.0 cm³/mol. The van der Waals surface area contributed by atoms with Gasteiger partial charge in [-0.15, -0.1) is 0 Å². The Bertz CT molecular complexity index is 920. The molecule has 1 atom stereocenters. The van der Waals surface area contributed by atoms with Crippen molar-refractivity contribution in [3.8, 4) is 0 Å². The summed E-state index contributed by atoms with van der Waals surface area (Å²) in [6.45, 7) is 1.95. The van der Waals surface area contributed by atoms with Crippen molar-refractivity contribution >= 4 is 22.8 Å². The topological polar surface area (TPSA) is 82.1 Å². The molecule has 0 bridgehead atoms. The lowest BCUT2D eigenvalue weighted by Gasteiger charge is -2.33. The number of aromatic nitrogens is 3. The Morgan fingerprint density at radius 3 is 2.96 bits per heavy atom. The Labute approximate surface area is 145 Å². The Balaban J connectivity index is 1.66. The van der Waals surface area contributed by atoms with Gasteiger partial charge in [0.25, 0.3) is 0 Å². The van der Waals surface area contributed by atoms with E-state index < -0.39 is 6.09 Å². The van der Waals surface area contributed by atoms with Crippen LogP contribution in [0.5, 0.6) is 0 Å². The summed E-state index contributed by atoms with van der Waals surface area (Å²) in [5.41, 5.74) is 4.69. The van der Waals surface area contributed by atoms with Crippen LogP contribution in [0.25, 0.3) is 11.0 Å². The molecular formula is C19H20N4O2. The summed E-state index contributed by atoms with van der Waals surface area (Å²) in [7, 11) is 0. The average Bonchev–Trinajstić information content (AvgIpc) is 3.03. The monoisotopic (exact) mass is 336 g/mol. The molecule has 0 radical (unpaired) electrons. The number of pyridine rings is 1. The first-order chi connectivity index (χ1) is 12.1. The third-order valence-corrected chi connectivity index (χ3v) is 4.85. The van der Waals surface area contributed by atoms with E-state index >= 15 is 0 Å². The number of amides is 1. The molecule has 0 saturated heterocycles. The molecule has 128 valence electrons. The van der Waals surface area contributed by atoms with Crippen LogP contribution < -0.4 is 4.90 Å². The van der Waals surface area contributed by atoms with Gasteiger partial charge in [-0.2, -0.15) is 0 Å². The van der Waals surface area contributed by atoms with E-state index in [2.05, 4.69) is 9.97 Å². The number of nitrogens with one attached hydrogen (secondary N) is 1. The first-order valence-electron chi connectivity index (χ1n) is 8.56. The number of H-pyrrole nitrogens is 1. The number of imidazole rings is 1. The number of hydrogen-bond donors (Lipinski definition) is 2. The van der Waals surface area contributed by atoms with E-state index in [-0.39, 0.29) is 6.04 Å². The van der Waals surface area contributed by atoms with Crippen molar-refractivity contribution in [3.63, 3.8) is 0 Å². The molecule has 6 nitrogen and oxygen atoms in total. The summed E-state index contributed by atoms with van der Waals surface area (Å²) < 4.78 is 0. The van der Waals surface area contributed by atoms with Gasteiger partial charge in [0.15, 0.2) is 0 Å². The van der Waals surface area contributed by atoms with Crippen LogP contribution in [0, 0.1) is 0 Å². The molecule has 1 amide bonds. The Hall–Kier alpha value is -2.89. The second-order valence-electron chi connectivity index (χ2n) is 6.50. The number of rotatable bonds is 3. The van der Waals surface area contributed by atoms with Crippen LogP contribution >= 0.6 is 0 Å². The van der Waals surface area contributed by atoms with Crippen molar-refractivity contribution in [2.45, 2.75) is 38.6 Å². The smallest absolute Gasteiger partial charge is 0.412 e. The van der Waals surface area contributed by atoms with Crippen LogP contribution in [0.15, 0.2) is 36.5 Å². The minimum atomic E-state index is -0.904. The molecule has 2 N–H and O–H groups in total. The Morgan fingerprint density at radius 1 is 1.32 bits per heavy atom. The fourth-order valence-corrected chi connectivity index (χ4v) is 3.57. The average molecular weight is 336 g/mol. The highest BCUT2D eigenvalue weighted by atomic mass is 16.4. The zero-order valence-electron chi connectivity index (χ0n) is 14.1. The molecule has 2 aromatic heterocycles. The van der Waals surface area contributed by atoms with E-state index in [0.29, 0.717) is 0 Å². The first kappa shape index (κ1) is 15.6. The van der Waals surface area contributed by atoms with E-state index in [1.54, 1.807) is 6.20 Å². The molecule has 6 heteroatoms. The molecule has 3 heterocycles. The van der Waals surface area contributed by atoms with Crippen molar-refractivity contribution in [2.75, 3.05) is 4.90 Å². The third kappa shape index (κ3) is 2.84. The summed E-state index contributed by atoms with van der Waals surface area (Å²) >= 11 is 0.